The predicted octanol–water partition coefficient (Wildman–Crippen LogP) is -4.09. The van der Waals surface area contributed by atoms with Gasteiger partial charge in [-0.25, -0.2) is 18.6 Å². The van der Waals surface area contributed by atoms with Crippen molar-refractivity contribution in [1.82, 2.24) is 0 Å². The van der Waals surface area contributed by atoms with Gasteiger partial charge in [0.15, 0.2) is 0 Å². The van der Waals surface area contributed by atoms with Gasteiger partial charge in [0.25, 0.3) is 0 Å². The van der Waals surface area contributed by atoms with Crippen LogP contribution in [0.2, 0.25) is 0 Å². The second-order valence-corrected chi connectivity index (χ2v) is 1.13. The Morgan fingerprint density at radius 1 is 1.00 bits per heavy atom. The van der Waals surface area contributed by atoms with E-state index < -0.39 is 10.2 Å². The molecule has 0 aromatic rings. The quantitative estimate of drug-likeness (QED) is 0.363. The Labute approximate surface area is 59.3 Å². The zero-order chi connectivity index (χ0) is 6.50. The molecule has 5 nitrogen and oxygen atoms in total. The minimum absolute atomic E-state index is 0. The van der Waals surface area contributed by atoms with Crippen LogP contribution in [-0.2, 0) is 17.1 Å². The molecule has 0 spiro atoms. The molecule has 1 N–H and O–H groups in total. The van der Waals surface area contributed by atoms with E-state index in [4.69, 9.17) is 24.4 Å². The van der Waals surface area contributed by atoms with Gasteiger partial charge < -0.3 is 5.73 Å². The molecule has 55 valence electrons. The van der Waals surface area contributed by atoms with E-state index in [-0.39, 0.29) is 17.1 Å². The summed E-state index contributed by atoms with van der Waals surface area (Å²) >= 11 is 0. The minimum Gasteiger partial charge on any atom is -0.680 e. The predicted molar refractivity (Wildman–Crippen MR) is 10.2 cm³/mol. The van der Waals surface area contributed by atoms with E-state index in [1.54, 1.807) is 0 Å². The van der Waals surface area contributed by atoms with E-state index in [2.05, 4.69) is 0 Å². The van der Waals surface area contributed by atoms with Crippen LogP contribution in [0.5, 0.6) is 0 Å². The number of hydrogen-bond donors (Lipinski definition) is 0. The fourth-order valence-electron chi connectivity index (χ4n) is 0. The van der Waals surface area contributed by atoms with Gasteiger partial charge in [-0.15, -0.1) is 10.2 Å². The minimum atomic E-state index is -4.94. The van der Waals surface area contributed by atoms with Gasteiger partial charge >= 0.3 is 17.1 Å². The molecule has 0 aromatic heterocycles. The van der Waals surface area contributed by atoms with Gasteiger partial charge in [-0.3, -0.25) is 0 Å². The Hall–Kier alpha value is 0.609. The van der Waals surface area contributed by atoms with Crippen molar-refractivity contribution in [2.45, 2.75) is 0 Å². The Balaban J connectivity index is -0.0000000750. The molecule has 0 saturated heterocycles. The first-order valence-electron chi connectivity index (χ1n) is 1.12. The molecular formula is CH4ClCuNO4. The Bertz CT molecular complexity index is 31.5. The topological polar surface area (TPSA) is 116 Å². The molecule has 0 fully saturated rings. The summed E-state index contributed by atoms with van der Waals surface area (Å²) in [6.07, 6.45) is 0. The molecule has 0 amide bonds. The maximum Gasteiger partial charge on any atom is 2.00 e. The number of rotatable bonds is 0. The fraction of sp³-hybridized carbons (Fsp3) is 1.00. The van der Waals surface area contributed by atoms with Crippen molar-refractivity contribution in [1.29, 1.82) is 0 Å². The van der Waals surface area contributed by atoms with Crippen molar-refractivity contribution < 1.29 is 45.9 Å². The molecule has 0 atom stereocenters. The van der Waals surface area contributed by atoms with Crippen LogP contribution in [0.15, 0.2) is 0 Å². The van der Waals surface area contributed by atoms with Crippen LogP contribution in [0.4, 0.5) is 0 Å². The smallest absolute Gasteiger partial charge is 0.680 e. The van der Waals surface area contributed by atoms with E-state index in [1.807, 2.05) is 0 Å². The third-order valence-electron chi connectivity index (χ3n) is 0. The van der Waals surface area contributed by atoms with Gasteiger partial charge in [-0.1, -0.05) is 0 Å². The number of nitrogens with one attached hydrogen (secondary N) is 1. The zero-order valence-electron chi connectivity index (χ0n) is 3.81. The Morgan fingerprint density at radius 2 is 1.00 bits per heavy atom. The van der Waals surface area contributed by atoms with Crippen LogP contribution in [-0.4, -0.2) is 7.05 Å². The molecule has 0 aliphatic rings. The summed E-state index contributed by atoms with van der Waals surface area (Å²) in [5.41, 5.74) is 5.75. The van der Waals surface area contributed by atoms with E-state index in [0.717, 1.165) is 0 Å². The molecule has 0 rings (SSSR count). The second-order valence-electron chi connectivity index (χ2n) is 0.378. The van der Waals surface area contributed by atoms with E-state index in [0.29, 0.717) is 0 Å². The van der Waals surface area contributed by atoms with Crippen molar-refractivity contribution in [3.8, 4) is 0 Å². The van der Waals surface area contributed by atoms with Crippen molar-refractivity contribution in [3.05, 3.63) is 5.73 Å². The first-order valence-corrected chi connectivity index (χ1v) is 2.35. The first kappa shape index (κ1) is 15.8. The molecule has 0 bridgehead atoms. The monoisotopic (exact) mass is 192 g/mol. The van der Waals surface area contributed by atoms with Gasteiger partial charge in [0.2, 0.25) is 0 Å². The maximum absolute atomic E-state index is 8.49. The van der Waals surface area contributed by atoms with Crippen molar-refractivity contribution in [3.63, 3.8) is 0 Å². The molecule has 0 heterocycles. The van der Waals surface area contributed by atoms with E-state index in [9.17, 15) is 0 Å². The van der Waals surface area contributed by atoms with Crippen LogP contribution in [0, 0.1) is 10.2 Å². The molecule has 0 aliphatic heterocycles. The first-order chi connectivity index (χ1) is 3.00. The summed E-state index contributed by atoms with van der Waals surface area (Å²) in [6, 6.07) is 0. The Kier molecular flexibility index (Phi) is 15.1. The zero-order valence-corrected chi connectivity index (χ0v) is 5.51. The molecule has 1 radical (unpaired) electrons. The largest absolute Gasteiger partial charge is 2.00 e. The van der Waals surface area contributed by atoms with Crippen LogP contribution < -0.4 is 18.6 Å². The summed E-state index contributed by atoms with van der Waals surface area (Å²) in [4.78, 5) is 0. The van der Waals surface area contributed by atoms with Gasteiger partial charge in [0, 0.05) is 0 Å². The molecule has 7 heteroatoms. The summed E-state index contributed by atoms with van der Waals surface area (Å²) < 4.78 is 34.0. The standard InChI is InChI=1S/CH4N.ClHO4.Cu/c1-2;2-1(3,4)5;/h2H,1H3;(H,2,3,4,5);/q-1;;+2/p-1. The summed E-state index contributed by atoms with van der Waals surface area (Å²) in [5.74, 6) is 0. The van der Waals surface area contributed by atoms with Gasteiger partial charge in [0.1, 0.15) is 0 Å². The third-order valence-corrected chi connectivity index (χ3v) is 0. The van der Waals surface area contributed by atoms with Crippen LogP contribution in [0.25, 0.3) is 5.73 Å². The number of halogens is 1. The number of hydrogen-bond acceptors (Lipinski definition) is 4. The van der Waals surface area contributed by atoms with Crippen LogP contribution in [0.1, 0.15) is 0 Å². The Morgan fingerprint density at radius 3 is 1.00 bits per heavy atom. The molecule has 0 saturated carbocycles. The maximum atomic E-state index is 8.49. The van der Waals surface area contributed by atoms with E-state index >= 15 is 0 Å². The second kappa shape index (κ2) is 7.61. The average Bonchev–Trinajstić information content (AvgIpc) is 1.36. The van der Waals surface area contributed by atoms with E-state index in [1.165, 1.54) is 7.05 Å². The van der Waals surface area contributed by atoms with Crippen molar-refractivity contribution in [2.75, 3.05) is 7.05 Å². The third kappa shape index (κ3) is 560. The van der Waals surface area contributed by atoms with Gasteiger partial charge in [-0.2, -0.15) is 7.05 Å². The van der Waals surface area contributed by atoms with Crippen LogP contribution >= 0.6 is 0 Å². The van der Waals surface area contributed by atoms with Crippen molar-refractivity contribution >= 4 is 0 Å². The normalized spacial score (nSPS) is 8.25. The van der Waals surface area contributed by atoms with Gasteiger partial charge in [-0.05, 0) is 0 Å². The molecule has 8 heavy (non-hydrogen) atoms. The fourth-order valence-corrected chi connectivity index (χ4v) is 0. The average molecular weight is 193 g/mol. The van der Waals surface area contributed by atoms with Crippen molar-refractivity contribution in [2.24, 2.45) is 0 Å². The molecule has 0 unspecified atom stereocenters. The molecular weight excluding hydrogens is 189 g/mol. The summed E-state index contributed by atoms with van der Waals surface area (Å²) in [6.45, 7) is 0. The van der Waals surface area contributed by atoms with Crippen LogP contribution in [0.3, 0.4) is 0 Å². The molecule has 0 aromatic carbocycles. The summed E-state index contributed by atoms with van der Waals surface area (Å²) in [5, 5.41) is 0. The SMILES string of the molecule is C[NH-].[Cu+2].[O-][Cl+3]([O-])([O-])[O-]. The van der Waals surface area contributed by atoms with Gasteiger partial charge in [0.05, 0.1) is 0 Å². The molecule has 0 aliphatic carbocycles. The summed E-state index contributed by atoms with van der Waals surface area (Å²) in [7, 11) is -3.69.